The molecule has 1 aromatic rings. The monoisotopic (exact) mass is 299 g/mol. The van der Waals surface area contributed by atoms with E-state index in [1.165, 1.54) is 6.08 Å². The Morgan fingerprint density at radius 3 is 2.71 bits per heavy atom. The standard InChI is InChI=1S/C15H16F3NO2/c16-15(17,18)12-5-3-9-19(10-12)13-6-2-1-4-11(13)7-8-14(20)21/h1-2,4,6-8,12H,3,5,9-10H2,(H,20,21). The van der Waals surface area contributed by atoms with E-state index in [9.17, 15) is 18.0 Å². The minimum Gasteiger partial charge on any atom is -0.478 e. The number of hydrogen-bond donors (Lipinski definition) is 1. The first-order valence-electron chi connectivity index (χ1n) is 6.69. The molecule has 1 aliphatic rings. The average Bonchev–Trinajstić information content (AvgIpc) is 2.44. The molecule has 0 radical (unpaired) electrons. The zero-order chi connectivity index (χ0) is 15.5. The highest BCUT2D eigenvalue weighted by Crippen LogP contribution is 2.35. The van der Waals surface area contributed by atoms with E-state index in [2.05, 4.69) is 0 Å². The number of aliphatic carboxylic acids is 1. The van der Waals surface area contributed by atoms with Gasteiger partial charge in [0, 0.05) is 24.9 Å². The van der Waals surface area contributed by atoms with Crippen LogP contribution in [-0.4, -0.2) is 30.3 Å². The number of carboxylic acids is 1. The summed E-state index contributed by atoms with van der Waals surface area (Å²) in [5.41, 5.74) is 1.26. The van der Waals surface area contributed by atoms with Gasteiger partial charge in [0.25, 0.3) is 0 Å². The molecule has 0 saturated carbocycles. The van der Waals surface area contributed by atoms with E-state index in [1.54, 1.807) is 29.2 Å². The van der Waals surface area contributed by atoms with Crippen LogP contribution < -0.4 is 4.90 Å². The molecule has 2 rings (SSSR count). The lowest BCUT2D eigenvalue weighted by Crippen LogP contribution is -2.42. The number of benzene rings is 1. The molecule has 1 unspecified atom stereocenters. The van der Waals surface area contributed by atoms with Gasteiger partial charge in [-0.2, -0.15) is 13.2 Å². The number of halogens is 3. The Morgan fingerprint density at radius 1 is 1.33 bits per heavy atom. The summed E-state index contributed by atoms with van der Waals surface area (Å²) in [7, 11) is 0. The first-order chi connectivity index (χ1) is 9.88. The van der Waals surface area contributed by atoms with Crippen molar-refractivity contribution in [2.75, 3.05) is 18.0 Å². The number of carbonyl (C=O) groups is 1. The lowest BCUT2D eigenvalue weighted by Gasteiger charge is -2.36. The van der Waals surface area contributed by atoms with Crippen LogP contribution in [0.3, 0.4) is 0 Å². The molecule has 1 N–H and O–H groups in total. The first kappa shape index (κ1) is 15.4. The zero-order valence-corrected chi connectivity index (χ0v) is 11.3. The van der Waals surface area contributed by atoms with E-state index in [1.807, 2.05) is 0 Å². The fourth-order valence-electron chi connectivity index (χ4n) is 2.54. The normalized spacial score (nSPS) is 20.0. The molecule has 3 nitrogen and oxygen atoms in total. The first-order valence-corrected chi connectivity index (χ1v) is 6.69. The molecule has 6 heteroatoms. The Balaban J connectivity index is 2.23. The van der Waals surface area contributed by atoms with Crippen LogP contribution in [0.4, 0.5) is 18.9 Å². The summed E-state index contributed by atoms with van der Waals surface area (Å²) in [6.07, 6.45) is -1.17. The number of alkyl halides is 3. The molecular weight excluding hydrogens is 283 g/mol. The highest BCUT2D eigenvalue weighted by molar-refractivity contribution is 5.87. The number of anilines is 1. The Hall–Kier alpha value is -1.98. The quantitative estimate of drug-likeness (QED) is 0.868. The maximum absolute atomic E-state index is 12.9. The molecule has 0 spiro atoms. The molecule has 114 valence electrons. The Bertz CT molecular complexity index is 540. The van der Waals surface area contributed by atoms with Crippen LogP contribution in [0.5, 0.6) is 0 Å². The minimum atomic E-state index is -4.19. The van der Waals surface area contributed by atoms with Crippen LogP contribution in [0.25, 0.3) is 6.08 Å². The van der Waals surface area contributed by atoms with Gasteiger partial charge >= 0.3 is 12.1 Å². The van der Waals surface area contributed by atoms with Crippen molar-refractivity contribution in [1.29, 1.82) is 0 Å². The van der Waals surface area contributed by atoms with Gasteiger partial charge in [-0.25, -0.2) is 4.79 Å². The third kappa shape index (κ3) is 4.00. The van der Waals surface area contributed by atoms with Crippen LogP contribution in [0.15, 0.2) is 30.3 Å². The number of piperidine rings is 1. The molecule has 1 aliphatic heterocycles. The molecule has 1 heterocycles. The number of carboxylic acid groups (broad SMARTS) is 1. The Kier molecular flexibility index (Phi) is 4.55. The molecule has 0 aliphatic carbocycles. The van der Waals surface area contributed by atoms with E-state index in [-0.39, 0.29) is 13.0 Å². The van der Waals surface area contributed by atoms with Crippen molar-refractivity contribution in [3.05, 3.63) is 35.9 Å². The predicted molar refractivity (Wildman–Crippen MR) is 74.1 cm³/mol. The second kappa shape index (κ2) is 6.20. The van der Waals surface area contributed by atoms with Gasteiger partial charge in [0.2, 0.25) is 0 Å². The van der Waals surface area contributed by atoms with E-state index < -0.39 is 18.1 Å². The van der Waals surface area contributed by atoms with Crippen molar-refractivity contribution < 1.29 is 23.1 Å². The smallest absolute Gasteiger partial charge is 0.393 e. The summed E-state index contributed by atoms with van der Waals surface area (Å²) >= 11 is 0. The van der Waals surface area contributed by atoms with E-state index in [4.69, 9.17) is 5.11 Å². The Morgan fingerprint density at radius 2 is 2.05 bits per heavy atom. The molecule has 0 bridgehead atoms. The summed E-state index contributed by atoms with van der Waals surface area (Å²) < 4.78 is 38.6. The lowest BCUT2D eigenvalue weighted by atomic mass is 9.96. The summed E-state index contributed by atoms with van der Waals surface area (Å²) in [4.78, 5) is 12.3. The van der Waals surface area contributed by atoms with Crippen LogP contribution in [0, 0.1) is 5.92 Å². The highest BCUT2D eigenvalue weighted by atomic mass is 19.4. The maximum Gasteiger partial charge on any atom is 0.393 e. The summed E-state index contributed by atoms with van der Waals surface area (Å²) in [5, 5.41) is 8.68. The van der Waals surface area contributed by atoms with Crippen molar-refractivity contribution in [3.63, 3.8) is 0 Å². The molecule has 0 aromatic heterocycles. The van der Waals surface area contributed by atoms with Crippen molar-refractivity contribution >= 4 is 17.7 Å². The fourth-order valence-corrected chi connectivity index (χ4v) is 2.54. The molecule has 1 fully saturated rings. The van der Waals surface area contributed by atoms with Crippen molar-refractivity contribution in [1.82, 2.24) is 0 Å². The van der Waals surface area contributed by atoms with Crippen LogP contribution in [0.2, 0.25) is 0 Å². The minimum absolute atomic E-state index is 0.0819. The molecule has 1 atom stereocenters. The van der Waals surface area contributed by atoms with Gasteiger partial charge in [-0.1, -0.05) is 18.2 Å². The fraction of sp³-hybridized carbons (Fsp3) is 0.400. The van der Waals surface area contributed by atoms with Gasteiger partial charge in [-0.3, -0.25) is 0 Å². The summed E-state index contributed by atoms with van der Waals surface area (Å²) in [5.74, 6) is -2.42. The van der Waals surface area contributed by atoms with Crippen molar-refractivity contribution in [3.8, 4) is 0 Å². The van der Waals surface area contributed by atoms with Crippen molar-refractivity contribution in [2.45, 2.75) is 19.0 Å². The van der Waals surface area contributed by atoms with Gasteiger partial charge in [0.15, 0.2) is 0 Å². The zero-order valence-electron chi connectivity index (χ0n) is 11.3. The maximum atomic E-state index is 12.9. The topological polar surface area (TPSA) is 40.5 Å². The Labute approximate surface area is 120 Å². The number of nitrogens with zero attached hydrogens (tertiary/aromatic N) is 1. The lowest BCUT2D eigenvalue weighted by molar-refractivity contribution is -0.176. The number of hydrogen-bond acceptors (Lipinski definition) is 2. The van der Waals surface area contributed by atoms with E-state index in [0.717, 1.165) is 6.08 Å². The second-order valence-corrected chi connectivity index (χ2v) is 5.06. The van der Waals surface area contributed by atoms with Crippen LogP contribution >= 0.6 is 0 Å². The molecule has 0 amide bonds. The summed E-state index contributed by atoms with van der Waals surface area (Å²) in [6, 6.07) is 6.90. The highest BCUT2D eigenvalue weighted by Gasteiger charge is 2.41. The number of rotatable bonds is 3. The largest absolute Gasteiger partial charge is 0.478 e. The molecular formula is C15H16F3NO2. The SMILES string of the molecule is O=C(O)C=Cc1ccccc1N1CCCC(C(F)(F)F)C1. The molecule has 1 aromatic carbocycles. The van der Waals surface area contributed by atoms with Crippen molar-refractivity contribution in [2.24, 2.45) is 5.92 Å². The van der Waals surface area contributed by atoms with E-state index in [0.29, 0.717) is 24.2 Å². The van der Waals surface area contributed by atoms with Gasteiger partial charge in [-0.05, 0) is 30.5 Å². The average molecular weight is 299 g/mol. The van der Waals surface area contributed by atoms with E-state index >= 15 is 0 Å². The predicted octanol–water partition coefficient (Wildman–Crippen LogP) is 3.56. The number of para-hydroxylation sites is 1. The second-order valence-electron chi connectivity index (χ2n) is 5.06. The molecule has 1 saturated heterocycles. The van der Waals surface area contributed by atoms with Gasteiger partial charge in [-0.15, -0.1) is 0 Å². The summed E-state index contributed by atoms with van der Waals surface area (Å²) in [6.45, 7) is 0.464. The van der Waals surface area contributed by atoms with Gasteiger partial charge < -0.3 is 10.0 Å². The third-order valence-corrected chi connectivity index (χ3v) is 3.57. The van der Waals surface area contributed by atoms with Crippen LogP contribution in [0.1, 0.15) is 18.4 Å². The van der Waals surface area contributed by atoms with Gasteiger partial charge in [0.05, 0.1) is 5.92 Å². The third-order valence-electron chi connectivity index (χ3n) is 3.57. The molecule has 21 heavy (non-hydrogen) atoms. The van der Waals surface area contributed by atoms with Crippen LogP contribution in [-0.2, 0) is 4.79 Å². The van der Waals surface area contributed by atoms with Gasteiger partial charge in [0.1, 0.15) is 0 Å².